The fourth-order valence-corrected chi connectivity index (χ4v) is 7.67. The summed E-state index contributed by atoms with van der Waals surface area (Å²) >= 11 is 1.14. The number of thiophene rings is 1. The molecule has 5 rings (SSSR count). The molecule has 0 bridgehead atoms. The zero-order valence-corrected chi connectivity index (χ0v) is 21.5. The van der Waals surface area contributed by atoms with Gasteiger partial charge in [-0.3, -0.25) is 9.44 Å². The van der Waals surface area contributed by atoms with Crippen LogP contribution >= 0.6 is 11.3 Å². The van der Waals surface area contributed by atoms with E-state index in [1.165, 1.54) is 19.2 Å². The molecule has 0 spiro atoms. The minimum Gasteiger partial charge on any atom is -0.496 e. The lowest BCUT2D eigenvalue weighted by Crippen LogP contribution is -2.22. The Morgan fingerprint density at radius 1 is 1.00 bits per heavy atom. The number of anilines is 2. The number of hydrogen-bond acceptors (Lipinski definition) is 7. The molecule has 1 aliphatic rings. The summed E-state index contributed by atoms with van der Waals surface area (Å²) in [7, 11) is -6.64. The highest BCUT2D eigenvalue weighted by atomic mass is 32.2. The predicted molar refractivity (Wildman–Crippen MR) is 141 cm³/mol. The summed E-state index contributed by atoms with van der Waals surface area (Å²) in [6, 6.07) is 15.0. The molecule has 186 valence electrons. The normalized spacial score (nSPS) is 16.3. The van der Waals surface area contributed by atoms with Crippen LogP contribution in [0, 0.1) is 0 Å². The molecule has 0 saturated carbocycles. The van der Waals surface area contributed by atoms with Crippen LogP contribution in [0.4, 0.5) is 11.4 Å². The molecule has 2 heterocycles. The van der Waals surface area contributed by atoms with Crippen LogP contribution < -0.4 is 9.44 Å². The Labute approximate surface area is 212 Å². The number of imidazole rings is 1. The van der Waals surface area contributed by atoms with E-state index < -0.39 is 20.0 Å². The van der Waals surface area contributed by atoms with E-state index in [1.807, 2.05) is 28.8 Å². The van der Waals surface area contributed by atoms with Gasteiger partial charge in [-0.05, 0) is 42.1 Å². The van der Waals surface area contributed by atoms with Crippen molar-refractivity contribution in [2.45, 2.75) is 16.7 Å². The third-order valence-electron chi connectivity index (χ3n) is 5.63. The van der Waals surface area contributed by atoms with Gasteiger partial charge in [0.15, 0.2) is 0 Å². The zero-order valence-electron chi connectivity index (χ0n) is 19.0. The van der Waals surface area contributed by atoms with Crippen molar-refractivity contribution in [1.29, 1.82) is 0 Å². The third kappa shape index (κ3) is 4.74. The topological polar surface area (TPSA) is 119 Å². The molecule has 36 heavy (non-hydrogen) atoms. The summed E-state index contributed by atoms with van der Waals surface area (Å²) in [5.41, 5.74) is 0.199. The summed E-state index contributed by atoms with van der Waals surface area (Å²) in [4.78, 5) is 4.01. The summed E-state index contributed by atoms with van der Waals surface area (Å²) in [6.45, 7) is 0. The van der Waals surface area contributed by atoms with E-state index >= 15 is 0 Å². The minimum absolute atomic E-state index is 0.0245. The molecule has 1 unspecified atom stereocenters. The Bertz CT molecular complexity index is 1660. The molecule has 4 aromatic rings. The number of benzene rings is 2. The number of sulfonamides is 2. The Morgan fingerprint density at radius 2 is 1.69 bits per heavy atom. The van der Waals surface area contributed by atoms with Crippen molar-refractivity contribution in [3.63, 3.8) is 0 Å². The van der Waals surface area contributed by atoms with Gasteiger partial charge < -0.3 is 9.30 Å². The van der Waals surface area contributed by atoms with E-state index in [4.69, 9.17) is 4.74 Å². The van der Waals surface area contributed by atoms with E-state index in [1.54, 1.807) is 49.1 Å². The van der Waals surface area contributed by atoms with Crippen LogP contribution in [0.15, 0.2) is 100 Å². The average Bonchev–Trinajstić information content (AvgIpc) is 3.55. The van der Waals surface area contributed by atoms with Gasteiger partial charge in [-0.2, -0.15) is 0 Å². The van der Waals surface area contributed by atoms with Crippen molar-refractivity contribution < 1.29 is 21.6 Å². The molecular formula is C24H22N4O5S3. The number of fused-ring (bicyclic) bond motifs is 1. The standard InChI is InChI=1S/C24H22N4O5S3/c1-33-21-15-18(28-13-12-25-16-28)10-11-23(21)35(29,30)26-19-7-3-4-8-20(19)27-36(31,32)24-14-17-6-2-5-9-22(17)34-24/h2-9,11-16,18,26-27H,10H2,1H3. The first-order valence-corrected chi connectivity index (χ1v) is 14.6. The van der Waals surface area contributed by atoms with Crippen LogP contribution in [0.3, 0.4) is 0 Å². The highest BCUT2D eigenvalue weighted by molar-refractivity contribution is 7.96. The lowest BCUT2D eigenvalue weighted by molar-refractivity contribution is 0.296. The van der Waals surface area contributed by atoms with E-state index in [2.05, 4.69) is 14.4 Å². The Balaban J connectivity index is 1.41. The second-order valence-corrected chi connectivity index (χ2v) is 12.6. The fourth-order valence-electron chi connectivity index (χ4n) is 3.88. The van der Waals surface area contributed by atoms with E-state index in [0.29, 0.717) is 6.42 Å². The smallest absolute Gasteiger partial charge is 0.271 e. The zero-order chi connectivity index (χ0) is 25.3. The van der Waals surface area contributed by atoms with Gasteiger partial charge in [0.2, 0.25) is 0 Å². The second kappa shape index (κ2) is 9.45. The molecule has 0 fully saturated rings. The number of nitrogens with one attached hydrogen (secondary N) is 2. The van der Waals surface area contributed by atoms with Crippen molar-refractivity contribution in [1.82, 2.24) is 9.55 Å². The summed E-state index contributed by atoms with van der Waals surface area (Å²) in [5.74, 6) is 0.191. The molecule has 2 aromatic heterocycles. The first kappa shape index (κ1) is 24.1. The highest BCUT2D eigenvalue weighted by Gasteiger charge is 2.29. The molecule has 0 amide bonds. The number of rotatable bonds is 8. The van der Waals surface area contributed by atoms with Gasteiger partial charge in [0.25, 0.3) is 20.0 Å². The first-order valence-electron chi connectivity index (χ1n) is 10.8. The van der Waals surface area contributed by atoms with Gasteiger partial charge in [-0.25, -0.2) is 21.8 Å². The molecule has 1 aliphatic carbocycles. The number of allylic oxidation sites excluding steroid dienone is 2. The van der Waals surface area contributed by atoms with Gasteiger partial charge in [-0.15, -0.1) is 11.3 Å². The summed E-state index contributed by atoms with van der Waals surface area (Å²) in [6.07, 6.45) is 8.80. The van der Waals surface area contributed by atoms with Crippen molar-refractivity contribution in [3.05, 3.63) is 96.1 Å². The lowest BCUT2D eigenvalue weighted by Gasteiger charge is -2.22. The monoisotopic (exact) mass is 542 g/mol. The first-order chi connectivity index (χ1) is 17.3. The Hall–Kier alpha value is -3.61. The van der Waals surface area contributed by atoms with Crippen LogP contribution in [0.25, 0.3) is 10.1 Å². The molecule has 2 N–H and O–H groups in total. The van der Waals surface area contributed by atoms with Gasteiger partial charge in [-0.1, -0.05) is 36.4 Å². The maximum absolute atomic E-state index is 13.3. The van der Waals surface area contributed by atoms with Crippen LogP contribution in [-0.4, -0.2) is 33.5 Å². The molecule has 1 atom stereocenters. The maximum Gasteiger partial charge on any atom is 0.271 e. The number of para-hydroxylation sites is 2. The molecule has 0 saturated heterocycles. The third-order valence-corrected chi connectivity index (χ3v) is 10.0. The molecule has 0 radical (unpaired) electrons. The minimum atomic E-state index is -4.09. The largest absolute Gasteiger partial charge is 0.496 e. The van der Waals surface area contributed by atoms with Gasteiger partial charge in [0.1, 0.15) is 14.9 Å². The van der Waals surface area contributed by atoms with Crippen LogP contribution in [-0.2, 0) is 24.8 Å². The van der Waals surface area contributed by atoms with Gasteiger partial charge in [0, 0.05) is 17.1 Å². The Kier molecular flexibility index (Phi) is 6.33. The average molecular weight is 543 g/mol. The number of hydrogen-bond donors (Lipinski definition) is 2. The van der Waals surface area contributed by atoms with Crippen LogP contribution in [0.2, 0.25) is 0 Å². The number of ether oxygens (including phenoxy) is 1. The second-order valence-electron chi connectivity index (χ2n) is 7.98. The fraction of sp³-hybridized carbons (Fsp3) is 0.125. The molecular weight excluding hydrogens is 520 g/mol. The van der Waals surface area contributed by atoms with E-state index in [-0.39, 0.29) is 32.3 Å². The molecule has 0 aliphatic heterocycles. The molecule has 12 heteroatoms. The van der Waals surface area contributed by atoms with Crippen molar-refractivity contribution in [2.75, 3.05) is 16.6 Å². The Morgan fingerprint density at radius 3 is 2.36 bits per heavy atom. The molecule has 2 aromatic carbocycles. The van der Waals surface area contributed by atoms with Crippen molar-refractivity contribution >= 4 is 52.8 Å². The number of aromatic nitrogens is 2. The van der Waals surface area contributed by atoms with Crippen LogP contribution in [0.5, 0.6) is 0 Å². The van der Waals surface area contributed by atoms with Crippen molar-refractivity contribution in [3.8, 4) is 0 Å². The lowest BCUT2D eigenvalue weighted by atomic mass is 10.1. The van der Waals surface area contributed by atoms with Gasteiger partial charge >= 0.3 is 0 Å². The van der Waals surface area contributed by atoms with Crippen molar-refractivity contribution in [2.24, 2.45) is 0 Å². The highest BCUT2D eigenvalue weighted by Crippen LogP contribution is 2.34. The number of nitrogens with zero attached hydrogens (tertiary/aromatic N) is 2. The van der Waals surface area contributed by atoms with Crippen LogP contribution in [0.1, 0.15) is 12.5 Å². The molecule has 9 nitrogen and oxygen atoms in total. The summed E-state index contributed by atoms with van der Waals surface area (Å²) in [5, 5.41) is 0.814. The van der Waals surface area contributed by atoms with Gasteiger partial charge in [0.05, 0.1) is 30.9 Å². The van der Waals surface area contributed by atoms with E-state index in [0.717, 1.165) is 21.4 Å². The maximum atomic E-state index is 13.3. The predicted octanol–water partition coefficient (Wildman–Crippen LogP) is 4.70. The SMILES string of the molecule is COC1=CC(n2ccnc2)CC=C1S(=O)(=O)Nc1ccccc1NS(=O)(=O)c1cc2ccccc2s1. The quantitative estimate of drug-likeness (QED) is 0.333. The van der Waals surface area contributed by atoms with E-state index in [9.17, 15) is 16.8 Å². The number of methoxy groups -OCH3 is 1. The summed E-state index contributed by atoms with van der Waals surface area (Å²) < 4.78 is 66.1.